The molecule has 3 aromatic carbocycles. The molecule has 3 rings (SSSR count). The predicted molar refractivity (Wildman–Crippen MR) is 119 cm³/mol. The number of rotatable bonds is 8. The molecule has 1 N–H and O–H groups in total. The number of nitriles is 1. The first kappa shape index (κ1) is 23.0. The summed E-state index contributed by atoms with van der Waals surface area (Å²) < 4.78 is 24.9. The maximum Gasteiger partial charge on any atom is 0.271 e. The van der Waals surface area contributed by atoms with Crippen molar-refractivity contribution in [2.24, 2.45) is 0 Å². The number of benzene rings is 3. The van der Waals surface area contributed by atoms with Crippen LogP contribution in [0.15, 0.2) is 72.3 Å². The number of hydrogen-bond acceptors (Lipinski definition) is 6. The Morgan fingerprint density at radius 3 is 2.67 bits per heavy atom. The lowest BCUT2D eigenvalue weighted by Crippen LogP contribution is -2.13. The summed E-state index contributed by atoms with van der Waals surface area (Å²) in [6.07, 6.45) is 1.31. The van der Waals surface area contributed by atoms with Gasteiger partial charge in [-0.1, -0.05) is 24.3 Å². The maximum atomic E-state index is 13.9. The highest BCUT2D eigenvalue weighted by atomic mass is 19.1. The van der Waals surface area contributed by atoms with Crippen molar-refractivity contribution in [1.29, 1.82) is 5.26 Å². The van der Waals surface area contributed by atoms with Gasteiger partial charge in [0.25, 0.3) is 11.6 Å². The van der Waals surface area contributed by atoms with Crippen LogP contribution in [0.25, 0.3) is 6.08 Å². The first-order valence-corrected chi connectivity index (χ1v) is 9.63. The van der Waals surface area contributed by atoms with Gasteiger partial charge in [-0.25, -0.2) is 4.39 Å². The van der Waals surface area contributed by atoms with Gasteiger partial charge in [-0.2, -0.15) is 5.26 Å². The number of amides is 1. The van der Waals surface area contributed by atoms with Gasteiger partial charge in [0.15, 0.2) is 0 Å². The normalized spacial score (nSPS) is 10.8. The Balaban J connectivity index is 1.87. The quantitative estimate of drug-likeness (QED) is 0.228. The Morgan fingerprint density at radius 2 is 1.97 bits per heavy atom. The monoisotopic (exact) mass is 447 g/mol. The highest BCUT2D eigenvalue weighted by Gasteiger charge is 2.14. The highest BCUT2D eigenvalue weighted by molar-refractivity contribution is 6.10. The summed E-state index contributed by atoms with van der Waals surface area (Å²) in [5.41, 5.74) is 0.426. The number of nitrogens with zero attached hydrogens (tertiary/aromatic N) is 2. The molecule has 0 bridgehead atoms. The summed E-state index contributed by atoms with van der Waals surface area (Å²) in [5.74, 6) is -0.441. The van der Waals surface area contributed by atoms with Gasteiger partial charge in [-0.15, -0.1) is 0 Å². The van der Waals surface area contributed by atoms with E-state index in [1.807, 2.05) is 6.07 Å². The number of methoxy groups -OCH3 is 1. The van der Waals surface area contributed by atoms with Gasteiger partial charge in [-0.3, -0.25) is 14.9 Å². The van der Waals surface area contributed by atoms with E-state index in [1.165, 1.54) is 43.5 Å². The summed E-state index contributed by atoms with van der Waals surface area (Å²) in [4.78, 5) is 22.9. The molecule has 166 valence electrons. The Labute approximate surface area is 188 Å². The lowest BCUT2D eigenvalue weighted by molar-refractivity contribution is -0.384. The molecule has 0 aliphatic carbocycles. The van der Waals surface area contributed by atoms with Crippen molar-refractivity contribution >= 4 is 23.4 Å². The van der Waals surface area contributed by atoms with Crippen molar-refractivity contribution in [3.63, 3.8) is 0 Å². The maximum absolute atomic E-state index is 13.9. The zero-order valence-electron chi connectivity index (χ0n) is 17.4. The van der Waals surface area contributed by atoms with E-state index in [0.717, 1.165) is 0 Å². The Bertz CT molecular complexity index is 1270. The van der Waals surface area contributed by atoms with E-state index in [9.17, 15) is 24.6 Å². The third kappa shape index (κ3) is 5.92. The van der Waals surface area contributed by atoms with Crippen LogP contribution < -0.4 is 14.8 Å². The van der Waals surface area contributed by atoms with Crippen LogP contribution in [0.4, 0.5) is 15.8 Å². The van der Waals surface area contributed by atoms with Gasteiger partial charge in [-0.05, 0) is 30.3 Å². The van der Waals surface area contributed by atoms with Gasteiger partial charge in [0.05, 0.1) is 12.0 Å². The van der Waals surface area contributed by atoms with E-state index >= 15 is 0 Å². The number of nitro benzene ring substituents is 1. The molecule has 0 atom stereocenters. The average Bonchev–Trinajstić information content (AvgIpc) is 2.82. The molecule has 0 fully saturated rings. The minimum absolute atomic E-state index is 0.0809. The van der Waals surface area contributed by atoms with E-state index in [0.29, 0.717) is 16.9 Å². The van der Waals surface area contributed by atoms with Gasteiger partial charge in [0.1, 0.15) is 35.6 Å². The molecule has 1 amide bonds. The Kier molecular flexibility index (Phi) is 7.34. The molecule has 0 aromatic heterocycles. The number of anilines is 1. The van der Waals surface area contributed by atoms with Gasteiger partial charge in [0, 0.05) is 35.0 Å². The fraction of sp³-hybridized carbons (Fsp3) is 0.0833. The van der Waals surface area contributed by atoms with Crippen LogP contribution in [0.2, 0.25) is 0 Å². The van der Waals surface area contributed by atoms with Crippen molar-refractivity contribution in [3.8, 4) is 17.6 Å². The number of carbonyl (C=O) groups is 1. The van der Waals surface area contributed by atoms with Crippen molar-refractivity contribution in [3.05, 3.63) is 99.4 Å². The van der Waals surface area contributed by atoms with E-state index < -0.39 is 16.6 Å². The van der Waals surface area contributed by atoms with Crippen LogP contribution in [-0.4, -0.2) is 17.9 Å². The van der Waals surface area contributed by atoms with E-state index in [2.05, 4.69) is 5.32 Å². The van der Waals surface area contributed by atoms with E-state index in [-0.39, 0.29) is 29.3 Å². The number of ether oxygens (including phenoxy) is 2. The van der Waals surface area contributed by atoms with Crippen LogP contribution in [-0.2, 0) is 11.4 Å². The summed E-state index contributed by atoms with van der Waals surface area (Å²) in [6.45, 7) is -0.0809. The number of non-ortho nitro benzene ring substituents is 1. The summed E-state index contributed by atoms with van der Waals surface area (Å²) in [6, 6.07) is 18.1. The molecular weight excluding hydrogens is 429 g/mol. The number of nitro groups is 1. The minimum atomic E-state index is -0.756. The summed E-state index contributed by atoms with van der Waals surface area (Å²) in [7, 11) is 1.47. The smallest absolute Gasteiger partial charge is 0.271 e. The third-order valence-corrected chi connectivity index (χ3v) is 4.54. The fourth-order valence-corrected chi connectivity index (χ4v) is 2.86. The molecule has 33 heavy (non-hydrogen) atoms. The average molecular weight is 447 g/mol. The lowest BCUT2D eigenvalue weighted by Gasteiger charge is -2.12. The highest BCUT2D eigenvalue weighted by Crippen LogP contribution is 2.28. The van der Waals surface area contributed by atoms with Gasteiger partial charge in [0.2, 0.25) is 0 Å². The van der Waals surface area contributed by atoms with Crippen LogP contribution >= 0.6 is 0 Å². The van der Waals surface area contributed by atoms with Crippen molar-refractivity contribution in [1.82, 2.24) is 0 Å². The van der Waals surface area contributed by atoms with Crippen LogP contribution in [0.3, 0.4) is 0 Å². The first-order valence-electron chi connectivity index (χ1n) is 9.63. The second-order valence-electron chi connectivity index (χ2n) is 6.72. The zero-order chi connectivity index (χ0) is 23.8. The topological polar surface area (TPSA) is 114 Å². The largest absolute Gasteiger partial charge is 0.497 e. The zero-order valence-corrected chi connectivity index (χ0v) is 17.4. The molecular formula is C24H18FN3O5. The fourth-order valence-electron chi connectivity index (χ4n) is 2.86. The molecule has 0 radical (unpaired) electrons. The predicted octanol–water partition coefficient (Wildman–Crippen LogP) is 4.87. The van der Waals surface area contributed by atoms with Gasteiger partial charge < -0.3 is 14.8 Å². The molecule has 3 aromatic rings. The Morgan fingerprint density at radius 1 is 1.18 bits per heavy atom. The second kappa shape index (κ2) is 10.5. The molecule has 9 heteroatoms. The van der Waals surface area contributed by atoms with E-state index in [1.54, 1.807) is 36.4 Å². The standard InChI is InChI=1S/C24H18FN3O5/c1-32-21-10-9-16(23(13-21)33-15-17-5-2-3-8-22(17)25)11-18(14-26)24(29)27-19-6-4-7-20(12-19)28(30)31/h2-13H,15H2,1H3,(H,27,29)/b18-11+. The van der Waals surface area contributed by atoms with Crippen molar-refractivity contribution < 1.29 is 23.6 Å². The summed E-state index contributed by atoms with van der Waals surface area (Å²) >= 11 is 0. The SMILES string of the molecule is COc1ccc(/C=C(\C#N)C(=O)Nc2cccc([N+](=O)[O-])c2)c(OCc2ccccc2F)c1. The number of nitrogens with one attached hydrogen (secondary N) is 1. The van der Waals surface area contributed by atoms with Crippen LogP contribution in [0.1, 0.15) is 11.1 Å². The Hall–Kier alpha value is -4.71. The van der Waals surface area contributed by atoms with Crippen molar-refractivity contribution in [2.45, 2.75) is 6.61 Å². The molecule has 0 heterocycles. The summed E-state index contributed by atoms with van der Waals surface area (Å²) in [5, 5.41) is 22.9. The molecule has 0 aliphatic rings. The molecule has 0 unspecified atom stereocenters. The molecule has 8 nitrogen and oxygen atoms in total. The number of carbonyl (C=O) groups excluding carboxylic acids is 1. The van der Waals surface area contributed by atoms with Crippen LogP contribution in [0, 0.1) is 27.3 Å². The van der Waals surface area contributed by atoms with Gasteiger partial charge >= 0.3 is 0 Å². The second-order valence-corrected chi connectivity index (χ2v) is 6.72. The van der Waals surface area contributed by atoms with E-state index in [4.69, 9.17) is 9.47 Å². The van der Waals surface area contributed by atoms with Crippen LogP contribution in [0.5, 0.6) is 11.5 Å². The van der Waals surface area contributed by atoms with Crippen molar-refractivity contribution in [2.75, 3.05) is 12.4 Å². The minimum Gasteiger partial charge on any atom is -0.497 e. The number of hydrogen-bond donors (Lipinski definition) is 1. The first-order chi connectivity index (χ1) is 15.9. The third-order valence-electron chi connectivity index (χ3n) is 4.54. The number of halogens is 1. The molecule has 0 saturated heterocycles. The molecule has 0 aliphatic heterocycles. The molecule has 0 spiro atoms. The molecule has 0 saturated carbocycles. The lowest BCUT2D eigenvalue weighted by atomic mass is 10.1.